The maximum Gasteiger partial charge on any atom is 0.277 e. The number of methoxy groups -OCH3 is 1. The van der Waals surface area contributed by atoms with Gasteiger partial charge in [-0.25, -0.2) is 4.98 Å². The van der Waals surface area contributed by atoms with E-state index in [4.69, 9.17) is 14.3 Å². The Morgan fingerprint density at radius 2 is 2.00 bits per heavy atom. The lowest BCUT2D eigenvalue weighted by Gasteiger charge is -2.21. The van der Waals surface area contributed by atoms with Crippen molar-refractivity contribution in [2.75, 3.05) is 12.4 Å². The van der Waals surface area contributed by atoms with Crippen molar-refractivity contribution in [1.29, 1.82) is 0 Å². The van der Waals surface area contributed by atoms with Crippen molar-refractivity contribution in [2.45, 2.75) is 65.3 Å². The molecule has 2 aromatic heterocycles. The number of ether oxygens (including phenoxy) is 1. The van der Waals surface area contributed by atoms with Crippen LogP contribution >= 0.6 is 0 Å². The number of hydrogen-bond donors (Lipinski definition) is 1. The van der Waals surface area contributed by atoms with Gasteiger partial charge in [-0.05, 0) is 18.9 Å². The first-order valence-electron chi connectivity index (χ1n) is 10.4. The Bertz CT molecular complexity index is 954. The van der Waals surface area contributed by atoms with Crippen molar-refractivity contribution >= 4 is 22.5 Å². The van der Waals surface area contributed by atoms with Crippen LogP contribution in [0.4, 0.5) is 5.69 Å². The number of amides is 1. The van der Waals surface area contributed by atoms with E-state index >= 15 is 0 Å². The van der Waals surface area contributed by atoms with Gasteiger partial charge in [-0.2, -0.15) is 5.10 Å². The van der Waals surface area contributed by atoms with Crippen LogP contribution in [-0.4, -0.2) is 27.8 Å². The number of carbonyl (C=O) groups is 1. The number of carbonyl (C=O) groups excluding carboxylic acids is 1. The number of nitrogens with zero attached hydrogens (tertiary/aromatic N) is 3. The number of anilines is 1. The molecule has 0 bridgehead atoms. The molecule has 1 saturated carbocycles. The molecule has 29 heavy (non-hydrogen) atoms. The average molecular weight is 399 g/mol. The van der Waals surface area contributed by atoms with Gasteiger partial charge in [-0.1, -0.05) is 39.5 Å². The zero-order chi connectivity index (χ0) is 20.8. The predicted octanol–water partition coefficient (Wildman–Crippen LogP) is 5.52. The van der Waals surface area contributed by atoms with E-state index in [1.54, 1.807) is 14.0 Å². The van der Waals surface area contributed by atoms with E-state index < -0.39 is 0 Å². The molecular formula is C22H30N4O3. The van der Waals surface area contributed by atoms with E-state index in [-0.39, 0.29) is 11.6 Å². The van der Waals surface area contributed by atoms with Crippen LogP contribution in [0.25, 0.3) is 10.9 Å². The van der Waals surface area contributed by atoms with Crippen molar-refractivity contribution in [2.24, 2.45) is 0 Å². The van der Waals surface area contributed by atoms with Gasteiger partial charge in [0.05, 0.1) is 24.4 Å². The minimum absolute atomic E-state index is 0.238. The van der Waals surface area contributed by atoms with Gasteiger partial charge in [0.15, 0.2) is 11.6 Å². The van der Waals surface area contributed by atoms with Crippen molar-refractivity contribution < 1.29 is 13.9 Å². The third kappa shape index (κ3) is 4.96. The number of fused-ring (bicyclic) bond motifs is 1. The molecule has 7 heteroatoms. The molecule has 0 atom stereocenters. The topological polar surface area (TPSA) is 82.2 Å². The zero-order valence-electron chi connectivity index (χ0n) is 17.7. The summed E-state index contributed by atoms with van der Waals surface area (Å²) in [6, 6.07) is 4.21. The molecule has 1 aliphatic carbocycles. The summed E-state index contributed by atoms with van der Waals surface area (Å²) >= 11 is 0. The SMILES string of the molecule is CCC.COc1cc2nn(C3CCCCC3)cc2cc1NC(=O)c1coc(C)n1. The van der Waals surface area contributed by atoms with Gasteiger partial charge in [0, 0.05) is 24.6 Å². The molecule has 0 unspecified atom stereocenters. The molecule has 3 aromatic rings. The fraction of sp³-hybridized carbons (Fsp3) is 0.500. The van der Waals surface area contributed by atoms with Crippen LogP contribution in [0.15, 0.2) is 29.0 Å². The number of hydrogen-bond acceptors (Lipinski definition) is 5. The van der Waals surface area contributed by atoms with Crippen molar-refractivity contribution in [3.8, 4) is 5.75 Å². The number of aromatic nitrogens is 3. The Morgan fingerprint density at radius 3 is 2.62 bits per heavy atom. The lowest BCUT2D eigenvalue weighted by atomic mass is 9.96. The Hall–Kier alpha value is -2.83. The fourth-order valence-corrected chi connectivity index (χ4v) is 3.52. The highest BCUT2D eigenvalue weighted by atomic mass is 16.5. The lowest BCUT2D eigenvalue weighted by Crippen LogP contribution is -2.13. The molecule has 1 aliphatic rings. The summed E-state index contributed by atoms with van der Waals surface area (Å²) in [5.41, 5.74) is 1.69. The predicted molar refractivity (Wildman–Crippen MR) is 114 cm³/mol. The molecular weight excluding hydrogens is 368 g/mol. The quantitative estimate of drug-likeness (QED) is 0.626. The largest absolute Gasteiger partial charge is 0.494 e. The summed E-state index contributed by atoms with van der Waals surface area (Å²) in [7, 11) is 1.58. The van der Waals surface area contributed by atoms with Crippen molar-refractivity contribution in [1.82, 2.24) is 14.8 Å². The average Bonchev–Trinajstić information content (AvgIpc) is 3.34. The molecule has 156 valence electrons. The van der Waals surface area contributed by atoms with E-state index in [0.717, 1.165) is 10.9 Å². The second kappa shape index (κ2) is 9.58. The minimum atomic E-state index is -0.334. The number of aryl methyl sites for hydroxylation is 1. The Balaban J connectivity index is 0.000000755. The van der Waals surface area contributed by atoms with Gasteiger partial charge in [0.25, 0.3) is 5.91 Å². The highest BCUT2D eigenvalue weighted by molar-refractivity contribution is 6.04. The van der Waals surface area contributed by atoms with Gasteiger partial charge in [-0.3, -0.25) is 9.48 Å². The minimum Gasteiger partial charge on any atom is -0.494 e. The number of rotatable bonds is 4. The molecule has 0 spiro atoms. The summed E-state index contributed by atoms with van der Waals surface area (Å²) in [6.45, 7) is 5.95. The van der Waals surface area contributed by atoms with Gasteiger partial charge < -0.3 is 14.5 Å². The Labute approximate surface area is 171 Å². The standard InChI is InChI=1S/C19H22N4O3.C3H8/c1-12-20-17(11-26-12)19(24)21-16-8-13-10-23(14-6-4-3-5-7-14)22-15(13)9-18(16)25-2;1-3-2/h8-11,14H,3-7H2,1-2H3,(H,21,24);3H2,1-2H3. The van der Waals surface area contributed by atoms with Crippen molar-refractivity contribution in [3.05, 3.63) is 36.2 Å². The molecule has 7 nitrogen and oxygen atoms in total. The van der Waals surface area contributed by atoms with Gasteiger partial charge in [0.2, 0.25) is 0 Å². The summed E-state index contributed by atoms with van der Waals surface area (Å²) in [5, 5.41) is 8.55. The summed E-state index contributed by atoms with van der Waals surface area (Å²) in [5.74, 6) is 0.686. The maximum atomic E-state index is 12.4. The Morgan fingerprint density at radius 1 is 1.28 bits per heavy atom. The fourth-order valence-electron chi connectivity index (χ4n) is 3.52. The third-order valence-corrected chi connectivity index (χ3v) is 4.89. The third-order valence-electron chi connectivity index (χ3n) is 4.89. The highest BCUT2D eigenvalue weighted by Crippen LogP contribution is 2.33. The molecule has 4 rings (SSSR count). The monoisotopic (exact) mass is 398 g/mol. The van der Waals surface area contributed by atoms with E-state index in [1.165, 1.54) is 44.8 Å². The van der Waals surface area contributed by atoms with E-state index in [0.29, 0.717) is 23.4 Å². The van der Waals surface area contributed by atoms with Crippen molar-refractivity contribution in [3.63, 3.8) is 0 Å². The normalized spacial score (nSPS) is 14.3. The lowest BCUT2D eigenvalue weighted by molar-refractivity contribution is 0.102. The molecule has 0 radical (unpaired) electrons. The number of nitrogens with one attached hydrogen (secondary N) is 1. The molecule has 0 saturated heterocycles. The molecule has 1 fully saturated rings. The van der Waals surface area contributed by atoms with Crippen LogP contribution < -0.4 is 10.1 Å². The van der Waals surface area contributed by atoms with Crippen LogP contribution in [0.3, 0.4) is 0 Å². The van der Waals surface area contributed by atoms with Crippen LogP contribution in [0.1, 0.15) is 74.8 Å². The second-order valence-electron chi connectivity index (χ2n) is 7.43. The van der Waals surface area contributed by atoms with Crippen LogP contribution in [0.2, 0.25) is 0 Å². The van der Waals surface area contributed by atoms with Crippen LogP contribution in [-0.2, 0) is 0 Å². The number of benzene rings is 1. The Kier molecular flexibility index (Phi) is 6.90. The smallest absolute Gasteiger partial charge is 0.277 e. The van der Waals surface area contributed by atoms with E-state index in [9.17, 15) is 4.79 Å². The van der Waals surface area contributed by atoms with E-state index in [1.807, 2.05) is 12.1 Å². The first kappa shape index (κ1) is 20.9. The molecule has 1 aromatic carbocycles. The molecule has 2 heterocycles. The maximum absolute atomic E-state index is 12.4. The van der Waals surface area contributed by atoms with Gasteiger partial charge in [-0.15, -0.1) is 0 Å². The zero-order valence-corrected chi connectivity index (χ0v) is 17.7. The van der Waals surface area contributed by atoms with Gasteiger partial charge in [0.1, 0.15) is 12.0 Å². The molecule has 1 amide bonds. The van der Waals surface area contributed by atoms with Crippen LogP contribution in [0.5, 0.6) is 5.75 Å². The van der Waals surface area contributed by atoms with Crippen LogP contribution in [0, 0.1) is 6.92 Å². The van der Waals surface area contributed by atoms with Gasteiger partial charge >= 0.3 is 0 Å². The first-order valence-corrected chi connectivity index (χ1v) is 10.4. The summed E-state index contributed by atoms with van der Waals surface area (Å²) in [6.07, 6.45) is 10.8. The summed E-state index contributed by atoms with van der Waals surface area (Å²) in [4.78, 5) is 16.4. The second-order valence-corrected chi connectivity index (χ2v) is 7.43. The number of oxazole rings is 1. The highest BCUT2D eigenvalue weighted by Gasteiger charge is 2.19. The molecule has 0 aliphatic heterocycles. The first-order chi connectivity index (χ1) is 14.0. The molecule has 1 N–H and O–H groups in total. The summed E-state index contributed by atoms with van der Waals surface area (Å²) < 4.78 is 12.6. The van der Waals surface area contributed by atoms with E-state index in [2.05, 4.69) is 35.0 Å².